The summed E-state index contributed by atoms with van der Waals surface area (Å²) in [6, 6.07) is 3.20. The third kappa shape index (κ3) is 2.95. The van der Waals surface area contributed by atoms with E-state index < -0.39 is 5.97 Å². The van der Waals surface area contributed by atoms with Crippen molar-refractivity contribution in [2.45, 2.75) is 33.6 Å². The molecule has 0 aliphatic rings. The zero-order valence-electron chi connectivity index (χ0n) is 12.7. The van der Waals surface area contributed by atoms with Crippen LogP contribution in [-0.2, 0) is 11.2 Å². The molecule has 0 amide bonds. The van der Waals surface area contributed by atoms with Gasteiger partial charge in [-0.15, -0.1) is 5.10 Å². The topological polar surface area (TPSA) is 121 Å². The highest BCUT2D eigenvalue weighted by atomic mass is 16.4. The Hall–Kier alpha value is -2.77. The molecule has 8 nitrogen and oxygen atoms in total. The van der Waals surface area contributed by atoms with E-state index in [0.29, 0.717) is 12.2 Å². The molecular formula is C14H18N6O2. The Kier molecular flexibility index (Phi) is 4.20. The quantitative estimate of drug-likeness (QED) is 0.577. The van der Waals surface area contributed by atoms with Crippen molar-refractivity contribution >= 4 is 11.8 Å². The van der Waals surface area contributed by atoms with Gasteiger partial charge < -0.3 is 5.11 Å². The van der Waals surface area contributed by atoms with Crippen molar-refractivity contribution in [3.8, 4) is 5.82 Å². The fourth-order valence-corrected chi connectivity index (χ4v) is 2.27. The first-order valence-corrected chi connectivity index (χ1v) is 6.79. The van der Waals surface area contributed by atoms with Gasteiger partial charge in [0.05, 0.1) is 5.69 Å². The van der Waals surface area contributed by atoms with Crippen molar-refractivity contribution in [2.24, 2.45) is 0 Å². The molecule has 0 unspecified atom stereocenters. The molecule has 0 atom stereocenters. The van der Waals surface area contributed by atoms with Gasteiger partial charge in [0.15, 0.2) is 5.82 Å². The van der Waals surface area contributed by atoms with Crippen molar-refractivity contribution < 1.29 is 9.90 Å². The summed E-state index contributed by atoms with van der Waals surface area (Å²) < 4.78 is 2.83. The molecule has 0 fully saturated rings. The second-order valence-electron chi connectivity index (χ2n) is 5.03. The van der Waals surface area contributed by atoms with Crippen LogP contribution in [0.15, 0.2) is 12.1 Å². The first-order chi connectivity index (χ1) is 10.3. The van der Waals surface area contributed by atoms with Crippen LogP contribution in [0.1, 0.15) is 30.3 Å². The van der Waals surface area contributed by atoms with Gasteiger partial charge >= 0.3 is 5.97 Å². The molecule has 116 valence electrons. The van der Waals surface area contributed by atoms with Gasteiger partial charge in [-0.1, -0.05) is 0 Å². The van der Waals surface area contributed by atoms with E-state index in [-0.39, 0.29) is 17.7 Å². The van der Waals surface area contributed by atoms with Crippen LogP contribution in [-0.4, -0.2) is 36.5 Å². The molecule has 2 rings (SSSR count). The van der Waals surface area contributed by atoms with Gasteiger partial charge in [0.2, 0.25) is 0 Å². The molecule has 8 heteroatoms. The minimum absolute atomic E-state index is 0.0477. The Morgan fingerprint density at radius 3 is 2.59 bits per heavy atom. The lowest BCUT2D eigenvalue weighted by atomic mass is 10.1. The molecule has 0 saturated carbocycles. The maximum Gasteiger partial charge on any atom is 0.303 e. The van der Waals surface area contributed by atoms with Crippen molar-refractivity contribution in [3.63, 3.8) is 0 Å². The molecule has 0 aliphatic carbocycles. The van der Waals surface area contributed by atoms with E-state index in [1.807, 2.05) is 13.8 Å². The SMILES string of the molecule is CC(=N)n1nc(-n2nc(C)c(CCC(=O)O)c2C)ccc1=N. The second kappa shape index (κ2) is 5.92. The van der Waals surface area contributed by atoms with E-state index in [0.717, 1.165) is 17.0 Å². The molecule has 0 radical (unpaired) electrons. The smallest absolute Gasteiger partial charge is 0.303 e. The van der Waals surface area contributed by atoms with Crippen LogP contribution in [0.2, 0.25) is 0 Å². The molecular weight excluding hydrogens is 284 g/mol. The van der Waals surface area contributed by atoms with Crippen LogP contribution in [0.5, 0.6) is 0 Å². The Bertz CT molecular complexity index is 802. The van der Waals surface area contributed by atoms with Gasteiger partial charge in [0, 0.05) is 12.1 Å². The molecule has 0 bridgehead atoms. The fraction of sp³-hybridized carbons (Fsp3) is 0.357. The van der Waals surface area contributed by atoms with Gasteiger partial charge in [-0.25, -0.2) is 9.36 Å². The van der Waals surface area contributed by atoms with E-state index in [1.54, 1.807) is 23.7 Å². The number of hydrogen-bond donors (Lipinski definition) is 3. The van der Waals surface area contributed by atoms with Gasteiger partial charge in [0.1, 0.15) is 11.3 Å². The predicted molar refractivity (Wildman–Crippen MR) is 79.4 cm³/mol. The molecule has 2 aromatic rings. The standard InChI is InChI=1S/C14H18N6O2/c1-8-11(4-7-14(21)22)9(2)19(17-8)13-6-5-12(16)20(18-13)10(3)15/h5-6,15-16H,4,7H2,1-3H3,(H,21,22). The summed E-state index contributed by atoms with van der Waals surface area (Å²) in [4.78, 5) is 10.7. The number of aliphatic carboxylic acids is 1. The normalized spacial score (nSPS) is 10.7. The van der Waals surface area contributed by atoms with E-state index in [4.69, 9.17) is 15.9 Å². The number of carboxylic acids is 1. The lowest BCUT2D eigenvalue weighted by Gasteiger charge is -2.08. The molecule has 0 aliphatic heterocycles. The third-order valence-corrected chi connectivity index (χ3v) is 3.39. The maximum atomic E-state index is 10.7. The summed E-state index contributed by atoms with van der Waals surface area (Å²) in [6.07, 6.45) is 0.458. The Labute approximate surface area is 127 Å². The first kappa shape index (κ1) is 15.6. The van der Waals surface area contributed by atoms with Crippen LogP contribution >= 0.6 is 0 Å². The lowest BCUT2D eigenvalue weighted by molar-refractivity contribution is -0.136. The number of aromatic nitrogens is 4. The summed E-state index contributed by atoms with van der Waals surface area (Å²) >= 11 is 0. The van der Waals surface area contributed by atoms with Crippen LogP contribution in [0, 0.1) is 24.7 Å². The van der Waals surface area contributed by atoms with Gasteiger partial charge in [0.25, 0.3) is 0 Å². The molecule has 0 spiro atoms. The van der Waals surface area contributed by atoms with E-state index in [9.17, 15) is 4.79 Å². The number of nitrogens with zero attached hydrogens (tertiary/aromatic N) is 4. The minimum Gasteiger partial charge on any atom is -0.481 e. The fourth-order valence-electron chi connectivity index (χ4n) is 2.27. The van der Waals surface area contributed by atoms with Crippen LogP contribution < -0.4 is 5.49 Å². The third-order valence-electron chi connectivity index (χ3n) is 3.39. The van der Waals surface area contributed by atoms with Crippen molar-refractivity contribution in [3.05, 3.63) is 34.6 Å². The van der Waals surface area contributed by atoms with Crippen molar-refractivity contribution in [2.75, 3.05) is 0 Å². The first-order valence-electron chi connectivity index (χ1n) is 6.79. The number of hydrogen-bond acceptors (Lipinski definition) is 5. The van der Waals surface area contributed by atoms with Crippen molar-refractivity contribution in [1.29, 1.82) is 10.8 Å². The second-order valence-corrected chi connectivity index (χ2v) is 5.03. The number of nitrogens with one attached hydrogen (secondary N) is 2. The van der Waals surface area contributed by atoms with Crippen LogP contribution in [0.4, 0.5) is 0 Å². The van der Waals surface area contributed by atoms with E-state index >= 15 is 0 Å². The number of carbonyl (C=O) groups is 1. The average Bonchev–Trinajstić information content (AvgIpc) is 2.72. The summed E-state index contributed by atoms with van der Waals surface area (Å²) in [7, 11) is 0. The van der Waals surface area contributed by atoms with Gasteiger partial charge in [-0.05, 0) is 44.9 Å². The zero-order valence-corrected chi connectivity index (χ0v) is 12.7. The molecule has 22 heavy (non-hydrogen) atoms. The number of aryl methyl sites for hydroxylation is 1. The van der Waals surface area contributed by atoms with E-state index in [2.05, 4.69) is 10.2 Å². The number of carboxylic acid groups (broad SMARTS) is 1. The molecule has 2 heterocycles. The highest BCUT2D eigenvalue weighted by molar-refractivity contribution is 5.77. The molecule has 2 aromatic heterocycles. The van der Waals surface area contributed by atoms with E-state index in [1.165, 1.54) is 4.68 Å². The maximum absolute atomic E-state index is 10.7. The predicted octanol–water partition coefficient (Wildman–Crippen LogP) is 1.03. The average molecular weight is 302 g/mol. The lowest BCUT2D eigenvalue weighted by Crippen LogP contribution is -2.28. The molecule has 0 saturated heterocycles. The zero-order chi connectivity index (χ0) is 16.4. The van der Waals surface area contributed by atoms with Crippen molar-refractivity contribution in [1.82, 2.24) is 19.6 Å². The van der Waals surface area contributed by atoms with Crippen LogP contribution in [0.25, 0.3) is 5.82 Å². The Morgan fingerprint density at radius 1 is 1.32 bits per heavy atom. The summed E-state index contributed by atoms with van der Waals surface area (Å²) in [6.45, 7) is 5.23. The minimum atomic E-state index is -0.847. The Morgan fingerprint density at radius 2 is 2.00 bits per heavy atom. The summed E-state index contributed by atoms with van der Waals surface area (Å²) in [5.41, 5.74) is 2.58. The summed E-state index contributed by atoms with van der Waals surface area (Å²) in [5.74, 6) is -0.218. The largest absolute Gasteiger partial charge is 0.481 e. The molecule has 3 N–H and O–H groups in total. The Balaban J connectivity index is 2.48. The monoisotopic (exact) mass is 302 g/mol. The van der Waals surface area contributed by atoms with Gasteiger partial charge in [-0.2, -0.15) is 5.10 Å². The summed E-state index contributed by atoms with van der Waals surface area (Å²) in [5, 5.41) is 32.8. The highest BCUT2D eigenvalue weighted by Crippen LogP contribution is 2.17. The highest BCUT2D eigenvalue weighted by Gasteiger charge is 2.15. The van der Waals surface area contributed by atoms with Crippen LogP contribution in [0.3, 0.4) is 0 Å². The van der Waals surface area contributed by atoms with Gasteiger partial charge in [-0.3, -0.25) is 15.6 Å². The molecule has 0 aromatic carbocycles. The number of rotatable bonds is 4.